The van der Waals surface area contributed by atoms with Crippen molar-refractivity contribution in [3.8, 4) is 0 Å². The maximum Gasteiger partial charge on any atom is 0.286 e. The van der Waals surface area contributed by atoms with Crippen molar-refractivity contribution in [2.45, 2.75) is 40.0 Å². The lowest BCUT2D eigenvalue weighted by Gasteiger charge is -2.38. The van der Waals surface area contributed by atoms with Crippen LogP contribution in [0.2, 0.25) is 0 Å². The first-order valence-corrected chi connectivity index (χ1v) is 14.1. The van der Waals surface area contributed by atoms with Crippen molar-refractivity contribution >= 4 is 23.2 Å². The molecule has 2 aromatic rings. The van der Waals surface area contributed by atoms with E-state index >= 15 is 0 Å². The lowest BCUT2D eigenvalue weighted by atomic mass is 9.79. The molecule has 0 aliphatic carbocycles. The standard InChI is InChI=1S/C31H43N3O7/c1-4-40-31-24(13-15-38-17-18-39-16-14-35)25(21(2)3)19-28(41-31)30(37)33-20-22-9-11-23(12-10-22)29(36)34-27-8-6-5-7-26(27)32/h5-12,19,21,24-25,31,35H,4,13-18,20,32H2,1-3H3,(H,33,37)(H,34,36)/t24-,25-,31-/m0/s1. The number of ether oxygens (including phenoxy) is 4. The Morgan fingerprint density at radius 1 is 1.00 bits per heavy atom. The van der Waals surface area contributed by atoms with E-state index in [1.54, 1.807) is 48.5 Å². The van der Waals surface area contributed by atoms with E-state index in [1.807, 2.05) is 13.0 Å². The number of nitrogens with one attached hydrogen (secondary N) is 2. The number of nitrogens with two attached hydrogens (primary N) is 1. The predicted molar refractivity (Wildman–Crippen MR) is 157 cm³/mol. The number of aliphatic hydroxyl groups is 1. The number of carbonyl (C=O) groups excluding carboxylic acids is 2. The van der Waals surface area contributed by atoms with Gasteiger partial charge >= 0.3 is 0 Å². The van der Waals surface area contributed by atoms with E-state index in [0.29, 0.717) is 56.4 Å². The van der Waals surface area contributed by atoms with E-state index in [-0.39, 0.29) is 48.5 Å². The molecule has 0 fully saturated rings. The number of hydrogen-bond donors (Lipinski definition) is 4. The minimum absolute atomic E-state index is 0.00971. The van der Waals surface area contributed by atoms with Crippen LogP contribution in [0.3, 0.4) is 0 Å². The Morgan fingerprint density at radius 2 is 1.71 bits per heavy atom. The zero-order chi connectivity index (χ0) is 29.6. The molecule has 2 amide bonds. The fraction of sp³-hybridized carbons (Fsp3) is 0.484. The monoisotopic (exact) mass is 569 g/mol. The van der Waals surface area contributed by atoms with E-state index in [4.69, 9.17) is 29.8 Å². The van der Waals surface area contributed by atoms with Crippen LogP contribution in [0.4, 0.5) is 11.4 Å². The second-order valence-electron chi connectivity index (χ2n) is 10.1. The maximum atomic E-state index is 13.1. The van der Waals surface area contributed by atoms with Gasteiger partial charge in [0.1, 0.15) is 0 Å². The van der Waals surface area contributed by atoms with Gasteiger partial charge in [0.05, 0.1) is 37.8 Å². The second kappa shape index (κ2) is 16.7. The normalized spacial score (nSPS) is 18.5. The molecule has 0 saturated carbocycles. The number of rotatable bonds is 16. The first kappa shape index (κ1) is 32.1. The number of aliphatic hydroxyl groups excluding tert-OH is 1. The number of hydrogen-bond acceptors (Lipinski definition) is 8. The van der Waals surface area contributed by atoms with Crippen LogP contribution in [0.25, 0.3) is 0 Å². The van der Waals surface area contributed by atoms with E-state index in [1.165, 1.54) is 0 Å². The Balaban J connectivity index is 1.56. The summed E-state index contributed by atoms with van der Waals surface area (Å²) in [5, 5.41) is 14.5. The molecule has 0 saturated heterocycles. The van der Waals surface area contributed by atoms with Gasteiger partial charge in [-0.2, -0.15) is 0 Å². The highest BCUT2D eigenvalue weighted by Gasteiger charge is 2.38. The van der Waals surface area contributed by atoms with Crippen LogP contribution >= 0.6 is 0 Å². The summed E-state index contributed by atoms with van der Waals surface area (Å²) in [6.45, 7) is 8.51. The van der Waals surface area contributed by atoms with Crippen LogP contribution in [-0.4, -0.2) is 62.9 Å². The summed E-state index contributed by atoms with van der Waals surface area (Å²) in [7, 11) is 0. The summed E-state index contributed by atoms with van der Waals surface area (Å²) in [5.41, 5.74) is 8.27. The summed E-state index contributed by atoms with van der Waals surface area (Å²) >= 11 is 0. The van der Waals surface area contributed by atoms with Crippen LogP contribution in [0.1, 0.15) is 43.1 Å². The first-order valence-electron chi connectivity index (χ1n) is 14.1. The van der Waals surface area contributed by atoms with E-state index < -0.39 is 6.29 Å². The number of amides is 2. The van der Waals surface area contributed by atoms with Crippen LogP contribution in [0.5, 0.6) is 0 Å². The molecule has 0 spiro atoms. The van der Waals surface area contributed by atoms with E-state index in [9.17, 15) is 9.59 Å². The fourth-order valence-electron chi connectivity index (χ4n) is 4.65. The Labute approximate surface area is 242 Å². The smallest absolute Gasteiger partial charge is 0.286 e. The summed E-state index contributed by atoms with van der Waals surface area (Å²) in [5.74, 6) is -0.00412. The first-order chi connectivity index (χ1) is 19.8. The Morgan fingerprint density at radius 3 is 2.37 bits per heavy atom. The lowest BCUT2D eigenvalue weighted by Crippen LogP contribution is -2.41. The van der Waals surface area contributed by atoms with E-state index in [0.717, 1.165) is 5.56 Å². The molecule has 10 nitrogen and oxygen atoms in total. The molecule has 0 radical (unpaired) electrons. The molecular formula is C31H43N3O7. The zero-order valence-electron chi connectivity index (χ0n) is 24.1. The van der Waals surface area contributed by atoms with Crippen molar-refractivity contribution in [1.29, 1.82) is 0 Å². The van der Waals surface area contributed by atoms with Gasteiger partial charge in [0, 0.05) is 31.2 Å². The zero-order valence-corrected chi connectivity index (χ0v) is 24.1. The molecule has 41 heavy (non-hydrogen) atoms. The molecule has 1 heterocycles. The topological polar surface area (TPSA) is 141 Å². The number of allylic oxidation sites excluding steroid dienone is 1. The SMILES string of the molecule is CCO[C@H]1OC(C(=O)NCc2ccc(C(=O)Nc3ccccc3N)cc2)=C[C@@H](C(C)C)[C@@H]1CCOCCOCCO. The molecule has 3 rings (SSSR count). The number of benzene rings is 2. The van der Waals surface area contributed by atoms with Gasteiger partial charge in [-0.3, -0.25) is 9.59 Å². The van der Waals surface area contributed by atoms with Gasteiger partial charge in [0.15, 0.2) is 5.76 Å². The molecular weight excluding hydrogens is 526 g/mol. The molecule has 0 unspecified atom stereocenters. The van der Waals surface area contributed by atoms with Crippen molar-refractivity contribution < 1.29 is 33.6 Å². The van der Waals surface area contributed by atoms with Crippen molar-refractivity contribution in [2.75, 3.05) is 50.7 Å². The minimum Gasteiger partial charge on any atom is -0.459 e. The number of para-hydroxylation sites is 2. The molecule has 3 atom stereocenters. The van der Waals surface area contributed by atoms with Gasteiger partial charge < -0.3 is 40.4 Å². The van der Waals surface area contributed by atoms with Gasteiger partial charge in [-0.25, -0.2) is 0 Å². The van der Waals surface area contributed by atoms with Gasteiger partial charge in [0.2, 0.25) is 6.29 Å². The molecule has 10 heteroatoms. The molecule has 2 aromatic carbocycles. The molecule has 1 aliphatic heterocycles. The highest BCUT2D eigenvalue weighted by atomic mass is 16.7. The number of anilines is 2. The van der Waals surface area contributed by atoms with Gasteiger partial charge in [-0.05, 0) is 61.1 Å². The van der Waals surface area contributed by atoms with Crippen molar-refractivity contribution in [2.24, 2.45) is 17.8 Å². The molecule has 1 aliphatic rings. The number of nitrogen functional groups attached to an aromatic ring is 1. The lowest BCUT2D eigenvalue weighted by molar-refractivity contribution is -0.177. The van der Waals surface area contributed by atoms with Crippen molar-refractivity contribution in [3.63, 3.8) is 0 Å². The fourth-order valence-corrected chi connectivity index (χ4v) is 4.65. The van der Waals surface area contributed by atoms with Crippen LogP contribution in [-0.2, 0) is 30.3 Å². The third-order valence-corrected chi connectivity index (χ3v) is 6.84. The van der Waals surface area contributed by atoms with Crippen LogP contribution < -0.4 is 16.4 Å². The van der Waals surface area contributed by atoms with Crippen molar-refractivity contribution in [1.82, 2.24) is 5.32 Å². The molecule has 5 N–H and O–H groups in total. The Hall–Kier alpha value is -3.44. The maximum absolute atomic E-state index is 13.1. The number of carbonyl (C=O) groups is 2. The predicted octanol–water partition coefficient (Wildman–Crippen LogP) is 3.72. The summed E-state index contributed by atoms with van der Waals surface area (Å²) in [6.07, 6.45) is 2.03. The third kappa shape index (κ3) is 9.86. The van der Waals surface area contributed by atoms with Gasteiger partial charge in [0.25, 0.3) is 11.8 Å². The molecule has 224 valence electrons. The average Bonchev–Trinajstić information content (AvgIpc) is 2.97. The van der Waals surface area contributed by atoms with E-state index in [2.05, 4.69) is 24.5 Å². The minimum atomic E-state index is -0.566. The average molecular weight is 570 g/mol. The summed E-state index contributed by atoms with van der Waals surface area (Å²) in [6, 6.07) is 14.1. The highest BCUT2D eigenvalue weighted by Crippen LogP contribution is 2.36. The quantitative estimate of drug-likeness (QED) is 0.177. The van der Waals surface area contributed by atoms with Gasteiger partial charge in [-0.1, -0.05) is 38.1 Å². The largest absolute Gasteiger partial charge is 0.459 e. The summed E-state index contributed by atoms with van der Waals surface area (Å²) in [4.78, 5) is 25.7. The second-order valence-corrected chi connectivity index (χ2v) is 10.1. The highest BCUT2D eigenvalue weighted by molar-refractivity contribution is 6.05. The molecule has 0 aromatic heterocycles. The molecule has 0 bridgehead atoms. The van der Waals surface area contributed by atoms with Crippen LogP contribution in [0, 0.1) is 17.8 Å². The Kier molecular flexibility index (Phi) is 13.1. The third-order valence-electron chi connectivity index (χ3n) is 6.84. The van der Waals surface area contributed by atoms with Gasteiger partial charge in [-0.15, -0.1) is 0 Å². The van der Waals surface area contributed by atoms with Crippen molar-refractivity contribution in [3.05, 3.63) is 71.5 Å². The Bertz CT molecular complexity index is 1140. The van der Waals surface area contributed by atoms with Crippen LogP contribution in [0.15, 0.2) is 60.4 Å². The summed E-state index contributed by atoms with van der Waals surface area (Å²) < 4.78 is 22.9.